The van der Waals surface area contributed by atoms with Crippen LogP contribution in [0.4, 0.5) is 0 Å². The van der Waals surface area contributed by atoms with Crippen molar-refractivity contribution in [1.82, 2.24) is 9.55 Å². The van der Waals surface area contributed by atoms with Crippen LogP contribution in [0.25, 0.3) is 10.4 Å². The minimum atomic E-state index is -5.64. The Hall–Kier alpha value is -2.03. The largest absolute Gasteiger partial charge is 0.483 e. The van der Waals surface area contributed by atoms with Gasteiger partial charge in [0.2, 0.25) is 0 Å². The normalized spacial score (nSPS) is 36.7. The zero-order valence-electron chi connectivity index (χ0n) is 18.8. The van der Waals surface area contributed by atoms with Gasteiger partial charge in [0.05, 0.1) is 19.3 Å². The summed E-state index contributed by atoms with van der Waals surface area (Å²) in [7, 11) is -11.2. The predicted octanol–water partition coefficient (Wildman–Crippen LogP) is -3.48. The number of H-pyrrole nitrogens is 1. The molecular weight excluding hydrogens is 568 g/mol. The number of aromatic nitrogens is 2. The van der Waals surface area contributed by atoms with Gasteiger partial charge in [-0.25, -0.2) is 13.9 Å². The summed E-state index contributed by atoms with van der Waals surface area (Å²) in [4.78, 5) is 47.2. The molecule has 0 radical (unpaired) electrons. The summed E-state index contributed by atoms with van der Waals surface area (Å²) in [5.74, 6) is 0. The van der Waals surface area contributed by atoms with Crippen LogP contribution in [0.2, 0.25) is 0 Å². The van der Waals surface area contributed by atoms with Crippen molar-refractivity contribution < 1.29 is 67.3 Å². The summed E-state index contributed by atoms with van der Waals surface area (Å²) in [5.41, 5.74) is 6.87. The smallest absolute Gasteiger partial charge is 0.394 e. The lowest BCUT2D eigenvalue weighted by Crippen LogP contribution is -2.58. The molecule has 8 N–H and O–H groups in total. The van der Waals surface area contributed by atoms with Crippen LogP contribution in [0, 0.1) is 0 Å². The van der Waals surface area contributed by atoms with E-state index in [4.69, 9.17) is 15.0 Å². The highest BCUT2D eigenvalue weighted by Gasteiger charge is 2.49. The van der Waals surface area contributed by atoms with Gasteiger partial charge in [0.1, 0.15) is 36.6 Å². The van der Waals surface area contributed by atoms with E-state index in [9.17, 15) is 54.0 Å². The van der Waals surface area contributed by atoms with Gasteiger partial charge in [-0.15, -0.1) is 0 Å². The van der Waals surface area contributed by atoms with Crippen LogP contribution < -0.4 is 11.2 Å². The van der Waals surface area contributed by atoms with Crippen LogP contribution in [0.5, 0.6) is 0 Å². The lowest BCUT2D eigenvalue weighted by atomic mass is 9.98. The SMILES string of the molecule is [N-]=[N+]=N[C@@H]1[C@@H](OP(=O)(O)OP(=O)(O)OC[C@H]2O[C@@H](n3ccc(=O)[nH]c3=O)[C@H](O)[C@@H]2O)O[C@H](CO)[C@@H](O)[C@@H]1O. The number of nitrogens with zero attached hydrogens (tertiary/aromatic N) is 4. The number of hydrogen-bond acceptors (Lipinski definition) is 15. The highest BCUT2D eigenvalue weighted by Crippen LogP contribution is 2.61. The first-order valence-electron chi connectivity index (χ1n) is 10.4. The standard InChI is InChI=1S/C15H23N5O16P2/c16-19-18-8-11(25)9(23)5(3-21)34-14(8)35-38(30,31)36-37(28,29)32-4-6-10(24)12(26)13(33-6)20-2-1-7(22)17-15(20)27/h1-2,5-6,8-14,21,23-26H,3-4H2,(H,28,29)(H,30,31)(H,17,22,27)/t5-,6-,8+,9-,10-,11-,12-,13-,14-/m1/s1. The zero-order valence-corrected chi connectivity index (χ0v) is 20.5. The van der Waals surface area contributed by atoms with Crippen LogP contribution in [0.15, 0.2) is 27.0 Å². The maximum atomic E-state index is 12.3. The van der Waals surface area contributed by atoms with Crippen LogP contribution in [0.1, 0.15) is 6.23 Å². The summed E-state index contributed by atoms with van der Waals surface area (Å²) in [6, 6.07) is -0.939. The molecule has 0 saturated carbocycles. The van der Waals surface area contributed by atoms with Gasteiger partial charge in [-0.05, 0) is 5.53 Å². The van der Waals surface area contributed by atoms with Crippen molar-refractivity contribution in [2.24, 2.45) is 5.11 Å². The van der Waals surface area contributed by atoms with Gasteiger partial charge in [0, 0.05) is 17.2 Å². The Morgan fingerprint density at radius 2 is 1.71 bits per heavy atom. The van der Waals surface area contributed by atoms with Gasteiger partial charge in [-0.3, -0.25) is 23.4 Å². The van der Waals surface area contributed by atoms with Crippen molar-refractivity contribution >= 4 is 15.6 Å². The van der Waals surface area contributed by atoms with Crippen molar-refractivity contribution in [2.75, 3.05) is 13.2 Å². The second-order valence-electron chi connectivity index (χ2n) is 7.89. The quantitative estimate of drug-likeness (QED) is 0.0567. The van der Waals surface area contributed by atoms with E-state index in [1.54, 1.807) is 0 Å². The van der Waals surface area contributed by atoms with Gasteiger partial charge >= 0.3 is 21.3 Å². The molecule has 1 aromatic rings. The van der Waals surface area contributed by atoms with Gasteiger partial charge in [-0.1, -0.05) is 5.11 Å². The molecule has 3 heterocycles. The van der Waals surface area contributed by atoms with E-state index in [1.807, 2.05) is 4.98 Å². The number of rotatable bonds is 10. The molecule has 21 nitrogen and oxygen atoms in total. The predicted molar refractivity (Wildman–Crippen MR) is 116 cm³/mol. The highest BCUT2D eigenvalue weighted by molar-refractivity contribution is 7.61. The van der Waals surface area contributed by atoms with Crippen molar-refractivity contribution in [1.29, 1.82) is 0 Å². The Bertz CT molecular complexity index is 1250. The maximum Gasteiger partial charge on any atom is 0.483 e. The molecule has 2 aliphatic rings. The van der Waals surface area contributed by atoms with Gasteiger partial charge in [0.15, 0.2) is 12.5 Å². The third-order valence-corrected chi connectivity index (χ3v) is 7.94. The second kappa shape index (κ2) is 12.0. The van der Waals surface area contributed by atoms with Crippen molar-refractivity contribution in [3.63, 3.8) is 0 Å². The minimum absolute atomic E-state index is 0.718. The molecule has 2 unspecified atom stereocenters. The van der Waals surface area contributed by atoms with E-state index in [1.165, 1.54) is 0 Å². The van der Waals surface area contributed by atoms with E-state index in [0.29, 0.717) is 0 Å². The molecule has 2 aliphatic heterocycles. The molecule has 23 heteroatoms. The zero-order chi connectivity index (χ0) is 28.4. The van der Waals surface area contributed by atoms with Crippen LogP contribution in [0.3, 0.4) is 0 Å². The van der Waals surface area contributed by atoms with Crippen molar-refractivity contribution in [3.8, 4) is 0 Å². The Balaban J connectivity index is 1.65. The molecule has 38 heavy (non-hydrogen) atoms. The molecule has 0 aliphatic carbocycles. The fraction of sp³-hybridized carbons (Fsp3) is 0.733. The van der Waals surface area contributed by atoms with E-state index in [-0.39, 0.29) is 0 Å². The second-order valence-corrected chi connectivity index (χ2v) is 10.9. The lowest BCUT2D eigenvalue weighted by molar-refractivity contribution is -0.242. The molecule has 0 aromatic carbocycles. The van der Waals surface area contributed by atoms with Crippen LogP contribution in [-0.4, -0.2) is 107 Å². The van der Waals surface area contributed by atoms with Gasteiger partial charge < -0.3 is 44.8 Å². The summed E-state index contributed by atoms with van der Waals surface area (Å²) in [6.07, 6.45) is -13.2. The number of phosphoric ester groups is 2. The highest BCUT2D eigenvalue weighted by atomic mass is 31.3. The number of hydrogen-bond donors (Lipinski definition) is 8. The first-order valence-corrected chi connectivity index (χ1v) is 13.4. The Morgan fingerprint density at radius 3 is 2.32 bits per heavy atom. The Labute approximate surface area is 210 Å². The first-order chi connectivity index (χ1) is 17.7. The fourth-order valence-electron chi connectivity index (χ4n) is 3.53. The average molecular weight is 591 g/mol. The Kier molecular flexibility index (Phi) is 9.64. The molecule has 3 rings (SSSR count). The lowest BCUT2D eigenvalue weighted by Gasteiger charge is -2.40. The number of azide groups is 1. The number of aliphatic hydroxyl groups is 5. The summed E-state index contributed by atoms with van der Waals surface area (Å²) >= 11 is 0. The number of phosphoric acid groups is 2. The van der Waals surface area contributed by atoms with E-state index in [0.717, 1.165) is 16.8 Å². The van der Waals surface area contributed by atoms with Crippen molar-refractivity contribution in [2.45, 2.75) is 55.2 Å². The molecule has 0 amide bonds. The van der Waals surface area contributed by atoms with Crippen LogP contribution in [-0.2, 0) is 32.0 Å². The third-order valence-electron chi connectivity index (χ3n) is 5.34. The van der Waals surface area contributed by atoms with E-state index in [2.05, 4.69) is 23.4 Å². The number of ether oxygens (including phenoxy) is 2. The average Bonchev–Trinajstić information content (AvgIpc) is 3.10. The van der Waals surface area contributed by atoms with E-state index < -0.39 is 95.3 Å². The molecule has 1 aromatic heterocycles. The van der Waals surface area contributed by atoms with E-state index >= 15 is 0 Å². The minimum Gasteiger partial charge on any atom is -0.394 e. The monoisotopic (exact) mass is 591 g/mol. The van der Waals surface area contributed by atoms with Crippen LogP contribution >= 0.6 is 15.6 Å². The molecule has 2 saturated heterocycles. The molecule has 0 spiro atoms. The number of nitrogens with one attached hydrogen (secondary N) is 1. The topological polar surface area (TPSA) is 326 Å². The van der Waals surface area contributed by atoms with Gasteiger partial charge in [-0.2, -0.15) is 4.31 Å². The van der Waals surface area contributed by atoms with Crippen molar-refractivity contribution in [3.05, 3.63) is 43.5 Å². The Morgan fingerprint density at radius 1 is 1.05 bits per heavy atom. The summed E-state index contributed by atoms with van der Waals surface area (Å²) in [5, 5.41) is 52.5. The summed E-state index contributed by atoms with van der Waals surface area (Å²) < 4.78 is 48.7. The summed E-state index contributed by atoms with van der Waals surface area (Å²) in [6.45, 7) is -1.96. The molecule has 0 bridgehead atoms. The molecule has 214 valence electrons. The first kappa shape index (κ1) is 30.5. The number of aliphatic hydroxyl groups excluding tert-OH is 5. The van der Waals surface area contributed by atoms with Gasteiger partial charge in [0.25, 0.3) is 5.56 Å². The third kappa shape index (κ3) is 6.93. The fourth-order valence-corrected chi connectivity index (χ4v) is 5.69. The molecule has 11 atom stereocenters. The maximum absolute atomic E-state index is 12.3. The molecule has 2 fully saturated rings. The number of aromatic amines is 1. The molecular formula is C15H23N5O16P2.